The van der Waals surface area contributed by atoms with Crippen LogP contribution in [-0.4, -0.2) is 18.6 Å². The molecule has 2 heteroatoms. The van der Waals surface area contributed by atoms with E-state index in [0.717, 1.165) is 12.0 Å². The number of nitrogens with one attached hydrogen (secondary N) is 2. The number of anilines is 1. The number of hydrogen-bond acceptors (Lipinski definition) is 2. The van der Waals surface area contributed by atoms with Crippen molar-refractivity contribution in [2.45, 2.75) is 64.5 Å². The quantitative estimate of drug-likeness (QED) is 0.868. The Morgan fingerprint density at radius 3 is 2.40 bits per heavy atom. The van der Waals surface area contributed by atoms with E-state index in [0.29, 0.717) is 6.04 Å². The molecule has 1 aromatic rings. The van der Waals surface area contributed by atoms with Gasteiger partial charge in [0.2, 0.25) is 0 Å². The van der Waals surface area contributed by atoms with Gasteiger partial charge in [0, 0.05) is 17.8 Å². The van der Waals surface area contributed by atoms with Gasteiger partial charge in [0.25, 0.3) is 0 Å². The Bertz CT molecular complexity index is 428. The van der Waals surface area contributed by atoms with Gasteiger partial charge in [0.15, 0.2) is 0 Å². The van der Waals surface area contributed by atoms with Crippen molar-refractivity contribution in [3.8, 4) is 0 Å². The highest BCUT2D eigenvalue weighted by atomic mass is 15.0. The van der Waals surface area contributed by atoms with Crippen molar-refractivity contribution in [2.75, 3.05) is 11.9 Å². The van der Waals surface area contributed by atoms with Gasteiger partial charge in [-0.3, -0.25) is 0 Å². The van der Waals surface area contributed by atoms with Crippen molar-refractivity contribution in [1.82, 2.24) is 5.32 Å². The van der Waals surface area contributed by atoms with Crippen LogP contribution in [0.3, 0.4) is 0 Å². The molecule has 1 saturated heterocycles. The number of rotatable bonds is 3. The fourth-order valence-electron chi connectivity index (χ4n) is 4.17. The maximum atomic E-state index is 3.85. The normalized spacial score (nSPS) is 30.4. The van der Waals surface area contributed by atoms with Crippen LogP contribution >= 0.6 is 0 Å². The van der Waals surface area contributed by atoms with Crippen LogP contribution in [0.15, 0.2) is 18.2 Å². The third-order valence-electron chi connectivity index (χ3n) is 5.01. The second-order valence-electron chi connectivity index (χ2n) is 6.78. The van der Waals surface area contributed by atoms with Crippen LogP contribution in [0.2, 0.25) is 0 Å². The first-order chi connectivity index (χ1) is 9.72. The van der Waals surface area contributed by atoms with Gasteiger partial charge < -0.3 is 10.6 Å². The molecule has 1 aliphatic heterocycles. The minimum Gasteiger partial charge on any atom is -0.382 e. The zero-order valence-electron chi connectivity index (χ0n) is 12.9. The molecule has 0 amide bonds. The molecule has 0 aromatic heterocycles. The van der Waals surface area contributed by atoms with E-state index < -0.39 is 0 Å². The Hall–Kier alpha value is -1.02. The maximum absolute atomic E-state index is 3.85. The molecule has 110 valence electrons. The van der Waals surface area contributed by atoms with Crippen molar-refractivity contribution in [3.63, 3.8) is 0 Å². The van der Waals surface area contributed by atoms with Gasteiger partial charge in [-0.2, -0.15) is 0 Å². The maximum Gasteiger partial charge on any atom is 0.0347 e. The SMILES string of the molecule is Cc1cc(C)cc(NC2CCCCC2C2CCCN2)c1. The molecular weight excluding hydrogens is 244 g/mol. The van der Waals surface area contributed by atoms with Gasteiger partial charge in [-0.1, -0.05) is 18.9 Å². The molecule has 3 unspecified atom stereocenters. The molecule has 2 aliphatic rings. The monoisotopic (exact) mass is 272 g/mol. The van der Waals surface area contributed by atoms with Crippen LogP contribution in [0.25, 0.3) is 0 Å². The summed E-state index contributed by atoms with van der Waals surface area (Å²) >= 11 is 0. The van der Waals surface area contributed by atoms with Gasteiger partial charge in [-0.25, -0.2) is 0 Å². The zero-order valence-corrected chi connectivity index (χ0v) is 12.9. The first kappa shape index (κ1) is 13.9. The number of hydrogen-bond donors (Lipinski definition) is 2. The molecular formula is C18H28N2. The fourth-order valence-corrected chi connectivity index (χ4v) is 4.17. The van der Waals surface area contributed by atoms with Gasteiger partial charge in [-0.05, 0) is 75.3 Å². The molecule has 0 bridgehead atoms. The minimum atomic E-state index is 0.653. The van der Waals surface area contributed by atoms with E-state index >= 15 is 0 Å². The molecule has 2 N–H and O–H groups in total. The molecule has 2 fully saturated rings. The van der Waals surface area contributed by atoms with Crippen LogP contribution in [0, 0.1) is 19.8 Å². The van der Waals surface area contributed by atoms with Crippen molar-refractivity contribution < 1.29 is 0 Å². The Balaban J connectivity index is 1.72. The lowest BCUT2D eigenvalue weighted by molar-refractivity contribution is 0.263. The average Bonchev–Trinajstić information content (AvgIpc) is 2.92. The van der Waals surface area contributed by atoms with Crippen LogP contribution in [0.5, 0.6) is 0 Å². The molecule has 2 nitrogen and oxygen atoms in total. The highest BCUT2D eigenvalue weighted by Gasteiger charge is 2.33. The Labute approximate surface area is 123 Å². The largest absolute Gasteiger partial charge is 0.382 e. The van der Waals surface area contributed by atoms with Crippen molar-refractivity contribution in [3.05, 3.63) is 29.3 Å². The Morgan fingerprint density at radius 1 is 0.950 bits per heavy atom. The second-order valence-corrected chi connectivity index (χ2v) is 6.78. The topological polar surface area (TPSA) is 24.1 Å². The van der Waals surface area contributed by atoms with Gasteiger partial charge in [-0.15, -0.1) is 0 Å². The minimum absolute atomic E-state index is 0.653. The highest BCUT2D eigenvalue weighted by Crippen LogP contribution is 2.32. The van der Waals surface area contributed by atoms with Crippen molar-refractivity contribution in [2.24, 2.45) is 5.92 Å². The summed E-state index contributed by atoms with van der Waals surface area (Å²) in [6.45, 7) is 5.60. The van der Waals surface area contributed by atoms with Crippen molar-refractivity contribution in [1.29, 1.82) is 0 Å². The second kappa shape index (κ2) is 6.17. The molecule has 1 saturated carbocycles. The third kappa shape index (κ3) is 3.17. The van der Waals surface area contributed by atoms with E-state index in [4.69, 9.17) is 0 Å². The molecule has 1 aromatic carbocycles. The van der Waals surface area contributed by atoms with E-state index in [1.807, 2.05) is 0 Å². The fraction of sp³-hybridized carbons (Fsp3) is 0.667. The third-order valence-corrected chi connectivity index (χ3v) is 5.01. The zero-order chi connectivity index (χ0) is 13.9. The van der Waals surface area contributed by atoms with Gasteiger partial charge in [0.05, 0.1) is 0 Å². The molecule has 0 spiro atoms. The lowest BCUT2D eigenvalue weighted by atomic mass is 9.79. The van der Waals surface area contributed by atoms with Gasteiger partial charge in [0.1, 0.15) is 0 Å². The first-order valence-electron chi connectivity index (χ1n) is 8.30. The number of benzene rings is 1. The van der Waals surface area contributed by atoms with Crippen molar-refractivity contribution >= 4 is 5.69 Å². The van der Waals surface area contributed by atoms with Gasteiger partial charge >= 0.3 is 0 Å². The summed E-state index contributed by atoms with van der Waals surface area (Å²) < 4.78 is 0. The number of aryl methyl sites for hydroxylation is 2. The first-order valence-corrected chi connectivity index (χ1v) is 8.30. The summed E-state index contributed by atoms with van der Waals surface area (Å²) in [4.78, 5) is 0. The van der Waals surface area contributed by atoms with Crippen LogP contribution in [0.1, 0.15) is 49.7 Å². The predicted octanol–water partition coefficient (Wildman–Crippen LogP) is 4.03. The molecule has 3 rings (SSSR count). The van der Waals surface area contributed by atoms with E-state index in [-0.39, 0.29) is 0 Å². The average molecular weight is 272 g/mol. The summed E-state index contributed by atoms with van der Waals surface area (Å²) in [5.41, 5.74) is 4.04. The lowest BCUT2D eigenvalue weighted by Gasteiger charge is -2.37. The summed E-state index contributed by atoms with van der Waals surface area (Å²) in [6.07, 6.45) is 8.24. The molecule has 0 radical (unpaired) electrons. The van der Waals surface area contributed by atoms with Crippen LogP contribution in [0.4, 0.5) is 5.69 Å². The van der Waals surface area contributed by atoms with E-state index in [1.165, 1.54) is 61.9 Å². The molecule has 1 aliphatic carbocycles. The Kier molecular flexibility index (Phi) is 4.30. The van der Waals surface area contributed by atoms with Crippen LogP contribution < -0.4 is 10.6 Å². The highest BCUT2D eigenvalue weighted by molar-refractivity contribution is 5.49. The standard InChI is InChI=1S/C18H28N2/c1-13-10-14(2)12-15(11-13)20-18-7-4-3-6-16(18)17-8-5-9-19-17/h10-12,16-20H,3-9H2,1-2H3. The van der Waals surface area contributed by atoms with E-state index in [1.54, 1.807) is 0 Å². The molecule has 1 heterocycles. The lowest BCUT2D eigenvalue weighted by Crippen LogP contribution is -2.43. The summed E-state index contributed by atoms with van der Waals surface area (Å²) in [5.74, 6) is 0.812. The molecule has 3 atom stereocenters. The molecule has 20 heavy (non-hydrogen) atoms. The van der Waals surface area contributed by atoms with E-state index in [9.17, 15) is 0 Å². The predicted molar refractivity (Wildman–Crippen MR) is 86.3 cm³/mol. The summed E-state index contributed by atoms with van der Waals surface area (Å²) in [7, 11) is 0. The summed E-state index contributed by atoms with van der Waals surface area (Å²) in [6, 6.07) is 8.24. The Morgan fingerprint density at radius 2 is 1.70 bits per heavy atom. The van der Waals surface area contributed by atoms with E-state index in [2.05, 4.69) is 42.7 Å². The van der Waals surface area contributed by atoms with Crippen LogP contribution in [-0.2, 0) is 0 Å². The summed E-state index contributed by atoms with van der Waals surface area (Å²) in [5, 5.41) is 7.57. The smallest absolute Gasteiger partial charge is 0.0347 e.